The molecule has 2 saturated heterocycles. The number of hydrogen-bond donors (Lipinski definition) is 0. The summed E-state index contributed by atoms with van der Waals surface area (Å²) >= 11 is 0. The zero-order valence-corrected chi connectivity index (χ0v) is 20.6. The average Bonchev–Trinajstić information content (AvgIpc) is 3.63. The number of anilines is 2. The molecule has 8 rings (SSSR count). The molecule has 2 fully saturated rings. The van der Waals surface area contributed by atoms with E-state index < -0.39 is 23.9 Å². The molecular formula is C31H21N5O3. The van der Waals surface area contributed by atoms with E-state index in [2.05, 4.69) is 10.3 Å². The minimum atomic E-state index is -0.932. The van der Waals surface area contributed by atoms with Gasteiger partial charge in [-0.3, -0.25) is 14.4 Å². The summed E-state index contributed by atoms with van der Waals surface area (Å²) in [6.07, 6.45) is 3.92. The van der Waals surface area contributed by atoms with Crippen LogP contribution in [0.15, 0.2) is 97.1 Å². The highest BCUT2D eigenvalue weighted by molar-refractivity contribution is 6.25. The van der Waals surface area contributed by atoms with E-state index in [4.69, 9.17) is 0 Å². The topological polar surface area (TPSA) is 88.4 Å². The van der Waals surface area contributed by atoms with Crippen LogP contribution in [-0.4, -0.2) is 44.8 Å². The van der Waals surface area contributed by atoms with E-state index in [1.807, 2.05) is 89.8 Å². The van der Waals surface area contributed by atoms with E-state index in [1.54, 1.807) is 18.2 Å². The Kier molecular flexibility index (Phi) is 4.47. The Hall–Kier alpha value is -5.11. The van der Waals surface area contributed by atoms with Crippen molar-refractivity contribution in [1.29, 1.82) is 0 Å². The third kappa shape index (κ3) is 2.96. The zero-order chi connectivity index (χ0) is 26.2. The molecule has 0 aliphatic carbocycles. The zero-order valence-electron chi connectivity index (χ0n) is 20.6. The lowest BCUT2D eigenvalue weighted by atomic mass is 9.88. The Bertz CT molecular complexity index is 1890. The maximum atomic E-state index is 14.3. The number of aromatic nitrogens is 3. The molecule has 4 aromatic carbocycles. The average molecular weight is 512 g/mol. The second kappa shape index (κ2) is 7.94. The fourth-order valence-corrected chi connectivity index (χ4v) is 6.52. The highest BCUT2D eigenvalue weighted by atomic mass is 16.2. The molecule has 1 aromatic heterocycles. The van der Waals surface area contributed by atoms with Gasteiger partial charge in [-0.1, -0.05) is 78.0 Å². The van der Waals surface area contributed by atoms with E-state index in [1.165, 1.54) is 9.58 Å². The van der Waals surface area contributed by atoms with E-state index in [9.17, 15) is 14.4 Å². The molecule has 0 radical (unpaired) electrons. The van der Waals surface area contributed by atoms with Crippen LogP contribution in [0.25, 0.3) is 27.9 Å². The smallest absolute Gasteiger partial charge is 0.272 e. The largest absolute Gasteiger partial charge is 0.351 e. The normalized spacial score (nSPS) is 23.4. The Morgan fingerprint density at radius 2 is 1.51 bits per heavy atom. The van der Waals surface area contributed by atoms with Gasteiger partial charge in [-0.25, -0.2) is 4.90 Å². The van der Waals surface area contributed by atoms with Crippen LogP contribution in [0.3, 0.4) is 0 Å². The van der Waals surface area contributed by atoms with Crippen molar-refractivity contribution in [3.63, 3.8) is 0 Å². The van der Waals surface area contributed by atoms with Gasteiger partial charge in [-0.2, -0.15) is 4.68 Å². The van der Waals surface area contributed by atoms with Gasteiger partial charge in [0.05, 0.1) is 29.1 Å². The second-order valence-electron chi connectivity index (χ2n) is 10.2. The Balaban J connectivity index is 1.29. The number of fused-ring (bicyclic) bond motifs is 7. The van der Waals surface area contributed by atoms with E-state index in [0.717, 1.165) is 22.0 Å². The molecule has 4 unspecified atom stereocenters. The van der Waals surface area contributed by atoms with Crippen molar-refractivity contribution < 1.29 is 14.4 Å². The summed E-state index contributed by atoms with van der Waals surface area (Å²) in [5.41, 5.74) is 3.41. The number of para-hydroxylation sites is 2. The van der Waals surface area contributed by atoms with Crippen LogP contribution in [0.1, 0.15) is 10.4 Å². The van der Waals surface area contributed by atoms with Crippen molar-refractivity contribution in [3.05, 3.63) is 103 Å². The number of benzene rings is 4. The highest BCUT2D eigenvalue weighted by Gasteiger charge is 2.64. The lowest BCUT2D eigenvalue weighted by Crippen LogP contribution is -2.50. The number of rotatable bonds is 2. The second-order valence-corrected chi connectivity index (χ2v) is 10.2. The van der Waals surface area contributed by atoms with Crippen molar-refractivity contribution in [3.8, 4) is 0 Å². The first-order valence-electron chi connectivity index (χ1n) is 12.9. The molecular weight excluding hydrogens is 490 g/mol. The van der Waals surface area contributed by atoms with E-state index in [-0.39, 0.29) is 17.7 Å². The molecule has 3 aliphatic rings. The molecule has 8 nitrogen and oxygen atoms in total. The lowest BCUT2D eigenvalue weighted by Gasteiger charge is -2.36. The van der Waals surface area contributed by atoms with Crippen molar-refractivity contribution in [2.75, 3.05) is 9.80 Å². The van der Waals surface area contributed by atoms with Gasteiger partial charge in [0.1, 0.15) is 11.6 Å². The van der Waals surface area contributed by atoms with Crippen molar-refractivity contribution in [2.45, 2.75) is 12.1 Å². The van der Waals surface area contributed by atoms with Gasteiger partial charge in [0.15, 0.2) is 0 Å². The third-order valence-corrected chi connectivity index (χ3v) is 8.22. The van der Waals surface area contributed by atoms with Crippen LogP contribution >= 0.6 is 0 Å². The van der Waals surface area contributed by atoms with Crippen LogP contribution < -0.4 is 9.80 Å². The summed E-state index contributed by atoms with van der Waals surface area (Å²) in [5.74, 6) is -2.63. The molecule has 2 amide bonds. The predicted molar refractivity (Wildman–Crippen MR) is 147 cm³/mol. The molecule has 4 atom stereocenters. The monoisotopic (exact) mass is 511 g/mol. The number of imide groups is 1. The van der Waals surface area contributed by atoms with Crippen molar-refractivity contribution in [2.24, 2.45) is 11.8 Å². The quantitative estimate of drug-likeness (QED) is 0.328. The highest BCUT2D eigenvalue weighted by Crippen LogP contribution is 2.49. The molecule has 39 heavy (non-hydrogen) atoms. The molecule has 5 aromatic rings. The molecule has 8 heteroatoms. The molecule has 0 saturated carbocycles. The predicted octanol–water partition coefficient (Wildman–Crippen LogP) is 4.31. The first-order chi connectivity index (χ1) is 19.1. The van der Waals surface area contributed by atoms with Gasteiger partial charge in [-0.15, -0.1) is 5.10 Å². The van der Waals surface area contributed by atoms with Gasteiger partial charge in [0.25, 0.3) is 5.91 Å². The fourth-order valence-electron chi connectivity index (χ4n) is 6.52. The van der Waals surface area contributed by atoms with Gasteiger partial charge < -0.3 is 4.90 Å². The first-order valence-corrected chi connectivity index (χ1v) is 12.9. The van der Waals surface area contributed by atoms with Gasteiger partial charge in [0.2, 0.25) is 11.8 Å². The van der Waals surface area contributed by atoms with Crippen molar-refractivity contribution in [1.82, 2.24) is 15.0 Å². The van der Waals surface area contributed by atoms with Crippen LogP contribution in [-0.2, 0) is 9.59 Å². The molecule has 4 heterocycles. The van der Waals surface area contributed by atoms with E-state index >= 15 is 0 Å². The number of hydrogen-bond acceptors (Lipinski definition) is 6. The van der Waals surface area contributed by atoms with Crippen LogP contribution in [0, 0.1) is 11.8 Å². The number of amides is 2. The minimum Gasteiger partial charge on any atom is -0.351 e. The lowest BCUT2D eigenvalue weighted by molar-refractivity contribution is -0.122. The van der Waals surface area contributed by atoms with E-state index in [0.29, 0.717) is 16.7 Å². The summed E-state index contributed by atoms with van der Waals surface area (Å²) in [6.45, 7) is 0. The van der Waals surface area contributed by atoms with Crippen molar-refractivity contribution >= 4 is 57.0 Å². The summed E-state index contributed by atoms with van der Waals surface area (Å²) in [5, 5.41) is 10.3. The van der Waals surface area contributed by atoms with Gasteiger partial charge in [0, 0.05) is 5.69 Å². The SMILES string of the molecule is O=C1C2C(C(=O)N1c1ccc3ccccc3c1)C(C(=O)n1nnc3ccccc31)N1c3ccccc3C=CC21. The molecule has 0 bridgehead atoms. The standard InChI is InChI=1S/C31H21N5O3/c37-29-26-25-16-14-19-8-3-5-11-23(19)35(25)28(31(39)36-24-12-6-4-10-22(24)32-33-36)27(26)30(38)34(29)21-15-13-18-7-1-2-9-20(18)17-21/h1-17,25-28H. The van der Waals surface area contributed by atoms with Gasteiger partial charge in [-0.05, 0) is 46.7 Å². The molecule has 3 aliphatic heterocycles. The summed E-state index contributed by atoms with van der Waals surface area (Å²) in [4.78, 5) is 45.8. The summed E-state index contributed by atoms with van der Waals surface area (Å²) in [7, 11) is 0. The Labute approximate surface area is 222 Å². The maximum absolute atomic E-state index is 14.3. The Morgan fingerprint density at radius 3 is 2.41 bits per heavy atom. The number of carbonyl (C=O) groups excluding carboxylic acids is 3. The van der Waals surface area contributed by atoms with Crippen LogP contribution in [0.2, 0.25) is 0 Å². The Morgan fingerprint density at radius 1 is 0.769 bits per heavy atom. The summed E-state index contributed by atoms with van der Waals surface area (Å²) in [6, 6.07) is 27.0. The third-order valence-electron chi connectivity index (χ3n) is 8.22. The maximum Gasteiger partial charge on any atom is 0.272 e. The molecule has 188 valence electrons. The molecule has 0 N–H and O–H groups in total. The number of nitrogens with zero attached hydrogens (tertiary/aromatic N) is 5. The van der Waals surface area contributed by atoms with Crippen LogP contribution in [0.4, 0.5) is 11.4 Å². The summed E-state index contributed by atoms with van der Waals surface area (Å²) < 4.78 is 1.27. The molecule has 0 spiro atoms. The van der Waals surface area contributed by atoms with Gasteiger partial charge >= 0.3 is 0 Å². The van der Waals surface area contributed by atoms with Crippen LogP contribution in [0.5, 0.6) is 0 Å². The first kappa shape index (κ1) is 21.9. The number of carbonyl (C=O) groups is 3. The minimum absolute atomic E-state index is 0.293. The fraction of sp³-hybridized carbons (Fsp3) is 0.129.